The third-order valence-electron chi connectivity index (χ3n) is 4.02. The summed E-state index contributed by atoms with van der Waals surface area (Å²) in [5.41, 5.74) is 4.28. The number of aryl methyl sites for hydroxylation is 2. The maximum absolute atomic E-state index is 12.5. The lowest BCUT2D eigenvalue weighted by molar-refractivity contribution is -0.130. The van der Waals surface area contributed by atoms with Crippen LogP contribution in [0, 0.1) is 13.8 Å². The first-order chi connectivity index (χ1) is 10.1. The Morgan fingerprint density at radius 3 is 2.43 bits per heavy atom. The van der Waals surface area contributed by atoms with E-state index in [-0.39, 0.29) is 5.91 Å². The molecule has 0 atom stereocenters. The molecule has 1 amide bonds. The van der Waals surface area contributed by atoms with Gasteiger partial charge in [-0.05, 0) is 37.8 Å². The zero-order valence-electron chi connectivity index (χ0n) is 13.5. The second kappa shape index (κ2) is 6.79. The molecule has 0 aliphatic heterocycles. The van der Waals surface area contributed by atoms with Crippen molar-refractivity contribution in [1.29, 1.82) is 0 Å². The Hall–Kier alpha value is -1.77. The molecule has 0 unspecified atom stereocenters. The van der Waals surface area contributed by atoms with E-state index in [0.717, 1.165) is 48.0 Å². The number of carbonyl (C=O) groups excluding carboxylic acids is 1. The fourth-order valence-electron chi connectivity index (χ4n) is 2.70. The summed E-state index contributed by atoms with van der Waals surface area (Å²) in [6.45, 7) is 10.0. The van der Waals surface area contributed by atoms with Crippen LogP contribution in [-0.4, -0.2) is 23.9 Å². The molecule has 114 valence electrons. The third kappa shape index (κ3) is 3.29. The van der Waals surface area contributed by atoms with Gasteiger partial charge in [-0.15, -0.1) is 0 Å². The topological polar surface area (TPSA) is 33.5 Å². The standard InChI is InChI=1S/C18H25NO2/c1-5-9-19(10-6-2)17(20)11-15-12-21-18-14(4)13(3)7-8-16(15)18/h7-8,12H,5-6,9-11H2,1-4H3. The molecular formula is C18H25NO2. The van der Waals surface area contributed by atoms with Crippen molar-refractivity contribution >= 4 is 16.9 Å². The van der Waals surface area contributed by atoms with Crippen LogP contribution in [0.1, 0.15) is 43.4 Å². The van der Waals surface area contributed by atoms with Gasteiger partial charge in [-0.1, -0.05) is 26.0 Å². The van der Waals surface area contributed by atoms with E-state index < -0.39 is 0 Å². The van der Waals surface area contributed by atoms with Gasteiger partial charge in [-0.3, -0.25) is 4.79 Å². The van der Waals surface area contributed by atoms with Gasteiger partial charge in [0.2, 0.25) is 5.91 Å². The predicted octanol–water partition coefficient (Wildman–Crippen LogP) is 4.24. The fraction of sp³-hybridized carbons (Fsp3) is 0.500. The number of furan rings is 1. The van der Waals surface area contributed by atoms with Crippen molar-refractivity contribution in [2.24, 2.45) is 0 Å². The summed E-state index contributed by atoms with van der Waals surface area (Å²) < 4.78 is 5.69. The van der Waals surface area contributed by atoms with Crippen molar-refractivity contribution in [3.05, 3.63) is 35.1 Å². The van der Waals surface area contributed by atoms with E-state index in [4.69, 9.17) is 4.42 Å². The summed E-state index contributed by atoms with van der Waals surface area (Å²) in [6.07, 6.45) is 4.16. The Labute approximate surface area is 126 Å². The van der Waals surface area contributed by atoms with Gasteiger partial charge in [0, 0.05) is 24.0 Å². The normalized spacial score (nSPS) is 11.0. The third-order valence-corrected chi connectivity index (χ3v) is 4.02. The average Bonchev–Trinajstić information content (AvgIpc) is 2.86. The largest absolute Gasteiger partial charge is 0.464 e. The number of hydrogen-bond acceptors (Lipinski definition) is 2. The molecule has 0 fully saturated rings. The number of hydrogen-bond donors (Lipinski definition) is 0. The molecule has 2 aromatic rings. The Morgan fingerprint density at radius 1 is 1.14 bits per heavy atom. The SMILES string of the molecule is CCCN(CCC)C(=O)Cc1coc2c(C)c(C)ccc12. The molecule has 1 heterocycles. The molecule has 0 spiro atoms. The summed E-state index contributed by atoms with van der Waals surface area (Å²) >= 11 is 0. The minimum Gasteiger partial charge on any atom is -0.464 e. The van der Waals surface area contributed by atoms with Crippen LogP contribution in [-0.2, 0) is 11.2 Å². The van der Waals surface area contributed by atoms with Crippen molar-refractivity contribution in [2.45, 2.75) is 47.0 Å². The lowest BCUT2D eigenvalue weighted by atomic mass is 10.0. The van der Waals surface area contributed by atoms with Gasteiger partial charge < -0.3 is 9.32 Å². The number of carbonyl (C=O) groups is 1. The number of nitrogens with zero attached hydrogens (tertiary/aromatic N) is 1. The first-order valence-electron chi connectivity index (χ1n) is 7.82. The van der Waals surface area contributed by atoms with Gasteiger partial charge in [0.25, 0.3) is 0 Å². The highest BCUT2D eigenvalue weighted by Crippen LogP contribution is 2.27. The smallest absolute Gasteiger partial charge is 0.227 e. The quantitative estimate of drug-likeness (QED) is 0.796. The molecule has 2 rings (SSSR count). The Morgan fingerprint density at radius 2 is 1.81 bits per heavy atom. The second-order valence-electron chi connectivity index (χ2n) is 5.70. The predicted molar refractivity (Wildman–Crippen MR) is 86.6 cm³/mol. The highest BCUT2D eigenvalue weighted by Gasteiger charge is 2.16. The van der Waals surface area contributed by atoms with E-state index in [9.17, 15) is 4.79 Å². The molecule has 21 heavy (non-hydrogen) atoms. The Kier molecular flexibility index (Phi) is 5.05. The highest BCUT2D eigenvalue weighted by molar-refractivity contribution is 5.89. The average molecular weight is 287 g/mol. The van der Waals surface area contributed by atoms with E-state index in [1.807, 2.05) is 4.90 Å². The maximum Gasteiger partial charge on any atom is 0.227 e. The first kappa shape index (κ1) is 15.6. The van der Waals surface area contributed by atoms with Gasteiger partial charge in [0.15, 0.2) is 0 Å². The minimum atomic E-state index is 0.194. The highest BCUT2D eigenvalue weighted by atomic mass is 16.3. The Balaban J connectivity index is 2.23. The number of benzene rings is 1. The van der Waals surface area contributed by atoms with E-state index in [1.165, 1.54) is 5.56 Å². The number of rotatable bonds is 6. The van der Waals surface area contributed by atoms with Gasteiger partial charge in [-0.2, -0.15) is 0 Å². The lowest BCUT2D eigenvalue weighted by Crippen LogP contribution is -2.33. The molecule has 0 radical (unpaired) electrons. The van der Waals surface area contributed by atoms with Crippen LogP contribution in [0.2, 0.25) is 0 Å². The first-order valence-corrected chi connectivity index (χ1v) is 7.82. The van der Waals surface area contributed by atoms with Crippen LogP contribution in [0.4, 0.5) is 0 Å². The summed E-state index contributed by atoms with van der Waals surface area (Å²) in [5, 5.41) is 1.07. The van der Waals surface area contributed by atoms with E-state index >= 15 is 0 Å². The molecule has 0 aliphatic rings. The van der Waals surface area contributed by atoms with Crippen LogP contribution in [0.25, 0.3) is 11.0 Å². The van der Waals surface area contributed by atoms with Gasteiger partial charge in [-0.25, -0.2) is 0 Å². The molecule has 1 aromatic carbocycles. The number of amides is 1. The zero-order valence-corrected chi connectivity index (χ0v) is 13.5. The van der Waals surface area contributed by atoms with Crippen molar-refractivity contribution in [3.63, 3.8) is 0 Å². The monoisotopic (exact) mass is 287 g/mol. The maximum atomic E-state index is 12.5. The fourth-order valence-corrected chi connectivity index (χ4v) is 2.70. The van der Waals surface area contributed by atoms with Crippen LogP contribution < -0.4 is 0 Å². The van der Waals surface area contributed by atoms with Crippen LogP contribution in [0.3, 0.4) is 0 Å². The summed E-state index contributed by atoms with van der Waals surface area (Å²) in [5.74, 6) is 0.194. The molecule has 0 aliphatic carbocycles. The van der Waals surface area contributed by atoms with Gasteiger partial charge in [0.1, 0.15) is 5.58 Å². The van der Waals surface area contributed by atoms with Crippen molar-refractivity contribution in [2.75, 3.05) is 13.1 Å². The van der Waals surface area contributed by atoms with E-state index in [1.54, 1.807) is 6.26 Å². The van der Waals surface area contributed by atoms with Gasteiger partial charge in [0.05, 0.1) is 12.7 Å². The van der Waals surface area contributed by atoms with Crippen LogP contribution in [0.5, 0.6) is 0 Å². The molecule has 0 bridgehead atoms. The summed E-state index contributed by atoms with van der Waals surface area (Å²) in [7, 11) is 0. The molecular weight excluding hydrogens is 262 g/mol. The van der Waals surface area contributed by atoms with E-state index in [0.29, 0.717) is 6.42 Å². The van der Waals surface area contributed by atoms with Crippen LogP contribution >= 0.6 is 0 Å². The van der Waals surface area contributed by atoms with Crippen molar-refractivity contribution in [1.82, 2.24) is 4.90 Å². The molecule has 3 heteroatoms. The van der Waals surface area contributed by atoms with E-state index in [2.05, 4.69) is 39.8 Å². The second-order valence-corrected chi connectivity index (χ2v) is 5.70. The zero-order chi connectivity index (χ0) is 15.4. The minimum absolute atomic E-state index is 0.194. The molecule has 0 N–H and O–H groups in total. The van der Waals surface area contributed by atoms with Crippen molar-refractivity contribution < 1.29 is 9.21 Å². The van der Waals surface area contributed by atoms with Crippen molar-refractivity contribution in [3.8, 4) is 0 Å². The molecule has 3 nitrogen and oxygen atoms in total. The number of fused-ring (bicyclic) bond motifs is 1. The Bertz CT molecular complexity index is 621. The molecule has 0 saturated heterocycles. The summed E-state index contributed by atoms with van der Waals surface area (Å²) in [4.78, 5) is 14.4. The van der Waals surface area contributed by atoms with Gasteiger partial charge >= 0.3 is 0 Å². The van der Waals surface area contributed by atoms with Crippen LogP contribution in [0.15, 0.2) is 22.8 Å². The molecule has 1 aromatic heterocycles. The lowest BCUT2D eigenvalue weighted by Gasteiger charge is -2.21. The molecule has 0 saturated carbocycles. The summed E-state index contributed by atoms with van der Waals surface area (Å²) in [6, 6.07) is 4.16.